The highest BCUT2D eigenvalue weighted by Gasteiger charge is 2.45. The van der Waals surface area contributed by atoms with Gasteiger partial charge in [-0.05, 0) is 25.2 Å². The topological polar surface area (TPSA) is 239 Å². The zero-order valence-electron chi connectivity index (χ0n) is 16.9. The number of carbonyl (C=O) groups excluding carboxylic acids is 1. The van der Waals surface area contributed by atoms with Crippen LogP contribution in [0, 0.1) is 13.8 Å². The molecule has 18 heteroatoms. The molecule has 0 amide bonds. The minimum absolute atomic E-state index is 0.00326. The fraction of sp³-hybridized carbons (Fsp3) is 0.429. The summed E-state index contributed by atoms with van der Waals surface area (Å²) in [4.78, 5) is 38.8. The number of hydrogen-bond acceptors (Lipinski definition) is 13. The highest BCUT2D eigenvalue weighted by molar-refractivity contribution is 7.61. The van der Waals surface area contributed by atoms with Gasteiger partial charge in [-0.3, -0.25) is 9.42 Å². The van der Waals surface area contributed by atoms with Crippen LogP contribution >= 0.6 is 27.0 Å². The summed E-state index contributed by atoms with van der Waals surface area (Å²) >= 11 is 0.394. The van der Waals surface area contributed by atoms with Crippen molar-refractivity contribution in [2.45, 2.75) is 26.4 Å². The number of rotatable bonds is 10. The van der Waals surface area contributed by atoms with Crippen LogP contribution in [0.3, 0.4) is 0 Å². The molecule has 0 fully saturated rings. The van der Waals surface area contributed by atoms with Gasteiger partial charge in [-0.15, -0.1) is 4.57 Å². The zero-order chi connectivity index (χ0) is 24.5. The number of carboxylic acids is 1. The number of thiazole rings is 1. The summed E-state index contributed by atoms with van der Waals surface area (Å²) in [5, 5.41) is 29.8. The second kappa shape index (κ2) is 9.47. The molecule has 0 aliphatic carbocycles. The first-order chi connectivity index (χ1) is 14.6. The van der Waals surface area contributed by atoms with Gasteiger partial charge in [0.1, 0.15) is 12.0 Å². The molecule has 3 atom stereocenters. The SMILES string of the molecule is Cc1ncc(-[n+]2c(C(C)(O)C(=O)[O-])sc(OP(=O)(O)OP(=O)(O)OCCO)c2C)c(N)n1. The summed E-state index contributed by atoms with van der Waals surface area (Å²) in [6.45, 7) is 2.40. The van der Waals surface area contributed by atoms with Gasteiger partial charge in [-0.25, -0.2) is 19.1 Å². The predicted octanol–water partition coefficient (Wildman–Crippen LogP) is -1.42. The van der Waals surface area contributed by atoms with Gasteiger partial charge in [-0.2, -0.15) is 4.31 Å². The number of carbonyl (C=O) groups is 1. The molecule has 0 aliphatic heterocycles. The van der Waals surface area contributed by atoms with E-state index in [9.17, 15) is 33.9 Å². The maximum absolute atomic E-state index is 12.3. The van der Waals surface area contributed by atoms with Crippen LogP contribution in [-0.2, 0) is 28.4 Å². The van der Waals surface area contributed by atoms with E-state index in [-0.39, 0.29) is 22.2 Å². The molecular weight excluding hydrogens is 494 g/mol. The summed E-state index contributed by atoms with van der Waals surface area (Å²) in [6.07, 6.45) is 1.22. The number of aliphatic hydroxyl groups excluding tert-OH is 1. The summed E-state index contributed by atoms with van der Waals surface area (Å²) in [5.74, 6) is -1.74. The van der Waals surface area contributed by atoms with E-state index in [4.69, 9.17) is 15.4 Å². The maximum Gasteiger partial charge on any atom is 0.537 e. The van der Waals surface area contributed by atoms with Crippen molar-refractivity contribution in [1.29, 1.82) is 0 Å². The lowest BCUT2D eigenvalue weighted by Gasteiger charge is -2.19. The van der Waals surface area contributed by atoms with Crippen LogP contribution < -0.4 is 19.9 Å². The minimum Gasteiger partial charge on any atom is -0.546 e. The van der Waals surface area contributed by atoms with Gasteiger partial charge in [0, 0.05) is 6.92 Å². The van der Waals surface area contributed by atoms with Gasteiger partial charge >= 0.3 is 15.6 Å². The van der Waals surface area contributed by atoms with Crippen LogP contribution in [0.25, 0.3) is 5.69 Å². The lowest BCUT2D eigenvalue weighted by molar-refractivity contribution is -0.612. The number of nitrogen functional groups attached to an aromatic ring is 1. The molecule has 178 valence electrons. The minimum atomic E-state index is -5.33. The number of aryl methyl sites for hydroxylation is 1. The van der Waals surface area contributed by atoms with Gasteiger partial charge < -0.3 is 35.3 Å². The standard InChI is InChI=1S/C14H20N4O11P2S/c1-7-11(28-31(25,26)29-30(23,24)27-5-4-19)32-12(14(3,22)13(20)21)18(7)9-6-16-8(2)17-10(9)15/h6,19,22H,4-5H2,1-3H3,(H4-,15,16,17,20,21,23,24,25,26). The van der Waals surface area contributed by atoms with Gasteiger partial charge in [-0.1, -0.05) is 0 Å². The molecule has 2 rings (SSSR count). The number of phosphoric ester groups is 2. The zero-order valence-corrected chi connectivity index (χ0v) is 19.5. The van der Waals surface area contributed by atoms with Gasteiger partial charge in [0.15, 0.2) is 5.60 Å². The predicted molar refractivity (Wildman–Crippen MR) is 104 cm³/mol. The Kier molecular flexibility index (Phi) is 7.77. The second-order valence-electron chi connectivity index (χ2n) is 6.33. The molecule has 0 spiro atoms. The van der Waals surface area contributed by atoms with E-state index in [0.717, 1.165) is 11.5 Å². The number of phosphoric acid groups is 2. The van der Waals surface area contributed by atoms with E-state index in [0.29, 0.717) is 17.2 Å². The first-order valence-corrected chi connectivity index (χ1v) is 12.3. The van der Waals surface area contributed by atoms with Crippen molar-refractivity contribution >= 4 is 38.8 Å². The summed E-state index contributed by atoms with van der Waals surface area (Å²) < 4.78 is 38.3. The number of anilines is 1. The van der Waals surface area contributed by atoms with Gasteiger partial charge in [0.2, 0.25) is 11.5 Å². The molecule has 0 aliphatic rings. The van der Waals surface area contributed by atoms with Crippen molar-refractivity contribution < 1.29 is 57.0 Å². The van der Waals surface area contributed by atoms with Crippen LogP contribution in [0.15, 0.2) is 6.20 Å². The van der Waals surface area contributed by atoms with Crippen LogP contribution in [0.4, 0.5) is 5.82 Å². The summed E-state index contributed by atoms with van der Waals surface area (Å²) in [6, 6.07) is 0. The van der Waals surface area contributed by atoms with E-state index >= 15 is 0 Å². The summed E-state index contributed by atoms with van der Waals surface area (Å²) in [5.41, 5.74) is 3.20. The fourth-order valence-corrected chi connectivity index (χ4v) is 5.79. The molecule has 0 radical (unpaired) electrons. The highest BCUT2D eigenvalue weighted by atomic mass is 32.1. The number of aliphatic carboxylic acids is 1. The number of aromatic nitrogens is 3. The molecule has 2 heterocycles. The van der Waals surface area contributed by atoms with Gasteiger partial charge in [0.05, 0.1) is 19.2 Å². The second-order valence-corrected chi connectivity index (χ2v) is 10.3. The van der Waals surface area contributed by atoms with E-state index in [1.807, 2.05) is 0 Å². The first kappa shape index (κ1) is 26.3. The third-order valence-electron chi connectivity index (χ3n) is 3.75. The van der Waals surface area contributed by atoms with Crippen molar-refractivity contribution in [3.8, 4) is 10.8 Å². The average molecular weight is 514 g/mol. The first-order valence-electron chi connectivity index (χ1n) is 8.52. The fourth-order valence-electron chi connectivity index (χ4n) is 2.32. The third kappa shape index (κ3) is 5.86. The maximum atomic E-state index is 12.3. The molecule has 0 saturated heterocycles. The van der Waals surface area contributed by atoms with Crippen LogP contribution in [0.2, 0.25) is 0 Å². The Bertz CT molecular complexity index is 1120. The normalized spacial score (nSPS) is 17.2. The van der Waals surface area contributed by atoms with Crippen LogP contribution in [0.1, 0.15) is 23.4 Å². The quantitative estimate of drug-likeness (QED) is 0.181. The van der Waals surface area contributed by atoms with Crippen LogP contribution in [0.5, 0.6) is 5.06 Å². The summed E-state index contributed by atoms with van der Waals surface area (Å²) in [7, 11) is -10.4. The Labute approximate surface area is 184 Å². The number of hydrogen-bond donors (Lipinski definition) is 5. The molecule has 15 nitrogen and oxygen atoms in total. The van der Waals surface area contributed by atoms with Crippen LogP contribution in [-0.4, -0.2) is 49.2 Å². The smallest absolute Gasteiger partial charge is 0.537 e. The molecule has 0 bridgehead atoms. The molecule has 0 aromatic carbocycles. The molecular formula is C14H20N4O11P2S. The van der Waals surface area contributed by atoms with E-state index in [2.05, 4.69) is 18.8 Å². The van der Waals surface area contributed by atoms with Crippen molar-refractivity contribution in [2.75, 3.05) is 18.9 Å². The van der Waals surface area contributed by atoms with E-state index in [1.54, 1.807) is 6.92 Å². The van der Waals surface area contributed by atoms with Crippen molar-refractivity contribution in [2.24, 2.45) is 0 Å². The molecule has 0 saturated carbocycles. The van der Waals surface area contributed by atoms with Crippen molar-refractivity contribution in [1.82, 2.24) is 9.97 Å². The molecule has 32 heavy (non-hydrogen) atoms. The van der Waals surface area contributed by atoms with Crippen molar-refractivity contribution in [3.05, 3.63) is 22.7 Å². The Morgan fingerprint density at radius 3 is 2.50 bits per heavy atom. The Balaban J connectivity index is 2.58. The van der Waals surface area contributed by atoms with Gasteiger partial charge in [0.25, 0.3) is 15.8 Å². The number of aliphatic hydroxyl groups is 2. The molecule has 2 aromatic heterocycles. The number of nitrogens with two attached hydrogens (primary N) is 1. The largest absolute Gasteiger partial charge is 0.546 e. The van der Waals surface area contributed by atoms with E-state index in [1.165, 1.54) is 13.1 Å². The monoisotopic (exact) mass is 514 g/mol. The molecule has 3 unspecified atom stereocenters. The number of carboxylic acid groups (broad SMARTS) is 1. The lowest BCUT2D eigenvalue weighted by atomic mass is 10.1. The molecule has 2 aromatic rings. The Morgan fingerprint density at radius 1 is 1.34 bits per heavy atom. The molecule has 6 N–H and O–H groups in total. The van der Waals surface area contributed by atoms with Crippen molar-refractivity contribution in [3.63, 3.8) is 0 Å². The number of nitrogens with zero attached hydrogens (tertiary/aromatic N) is 3. The Morgan fingerprint density at radius 2 is 1.97 bits per heavy atom. The average Bonchev–Trinajstić information content (AvgIpc) is 2.95. The Hall–Kier alpha value is -2.00. The third-order valence-corrected chi connectivity index (χ3v) is 7.78. The highest BCUT2D eigenvalue weighted by Crippen LogP contribution is 2.60. The van der Waals surface area contributed by atoms with E-state index < -0.39 is 45.5 Å². The lowest BCUT2D eigenvalue weighted by Crippen LogP contribution is -2.51.